The summed E-state index contributed by atoms with van der Waals surface area (Å²) in [5.74, 6) is 0.580. The van der Waals surface area contributed by atoms with E-state index in [2.05, 4.69) is 22.2 Å². The first-order valence-electron chi connectivity index (χ1n) is 10.2. The summed E-state index contributed by atoms with van der Waals surface area (Å²) in [6.07, 6.45) is 9.09. The lowest BCUT2D eigenvalue weighted by atomic mass is 9.84. The molecule has 1 saturated carbocycles. The second kappa shape index (κ2) is 6.93. The number of H-pyrrole nitrogens is 1. The molecule has 1 amide bonds. The van der Waals surface area contributed by atoms with Crippen molar-refractivity contribution in [1.82, 2.24) is 19.5 Å². The summed E-state index contributed by atoms with van der Waals surface area (Å²) in [5, 5.41) is 2.87. The molecule has 6 heteroatoms. The smallest absolute Gasteiger partial charge is 0.273 e. The van der Waals surface area contributed by atoms with Crippen molar-refractivity contribution in [2.45, 2.75) is 44.4 Å². The standard InChI is InChI=1S/C22H24N4O2/c27-20-13-19(17-9-7-16(8-10-17)15-5-2-1-3-6-15)24-21-18(14-23-26(20)21)22(28)25-11-4-12-25/h7-10,13-15,23H,1-6,11-12H2. The van der Waals surface area contributed by atoms with Gasteiger partial charge in [0, 0.05) is 30.9 Å². The summed E-state index contributed by atoms with van der Waals surface area (Å²) in [6, 6.07) is 9.95. The number of rotatable bonds is 3. The van der Waals surface area contributed by atoms with Crippen LogP contribution in [-0.4, -0.2) is 38.5 Å². The van der Waals surface area contributed by atoms with Gasteiger partial charge in [0.15, 0.2) is 5.65 Å². The van der Waals surface area contributed by atoms with Gasteiger partial charge >= 0.3 is 0 Å². The topological polar surface area (TPSA) is 70.5 Å². The van der Waals surface area contributed by atoms with Crippen molar-refractivity contribution in [2.75, 3.05) is 13.1 Å². The van der Waals surface area contributed by atoms with E-state index in [-0.39, 0.29) is 11.5 Å². The van der Waals surface area contributed by atoms with Crippen LogP contribution in [0.25, 0.3) is 16.9 Å². The molecule has 1 aliphatic heterocycles. The summed E-state index contributed by atoms with van der Waals surface area (Å²) >= 11 is 0. The highest BCUT2D eigenvalue weighted by Crippen LogP contribution is 2.33. The number of carbonyl (C=O) groups is 1. The highest BCUT2D eigenvalue weighted by Gasteiger charge is 2.25. The van der Waals surface area contributed by atoms with Gasteiger partial charge in [-0.2, -0.15) is 0 Å². The number of aromatic nitrogens is 3. The number of nitrogens with zero attached hydrogens (tertiary/aromatic N) is 3. The minimum absolute atomic E-state index is 0.0679. The molecule has 2 aromatic heterocycles. The van der Waals surface area contributed by atoms with E-state index in [4.69, 9.17) is 0 Å². The summed E-state index contributed by atoms with van der Waals surface area (Å²) in [6.45, 7) is 1.53. The van der Waals surface area contributed by atoms with E-state index >= 15 is 0 Å². The summed E-state index contributed by atoms with van der Waals surface area (Å²) < 4.78 is 1.34. The van der Waals surface area contributed by atoms with Crippen LogP contribution in [0.4, 0.5) is 0 Å². The predicted molar refractivity (Wildman–Crippen MR) is 108 cm³/mol. The molecule has 28 heavy (non-hydrogen) atoms. The Kier molecular flexibility index (Phi) is 4.26. The van der Waals surface area contributed by atoms with Gasteiger partial charge in [0.25, 0.3) is 11.5 Å². The van der Waals surface area contributed by atoms with Gasteiger partial charge in [-0.05, 0) is 30.7 Å². The van der Waals surface area contributed by atoms with Gasteiger partial charge in [0.1, 0.15) is 5.56 Å². The third kappa shape index (κ3) is 2.93. The largest absolute Gasteiger partial charge is 0.338 e. The number of hydrogen-bond donors (Lipinski definition) is 1. The molecule has 0 radical (unpaired) electrons. The van der Waals surface area contributed by atoms with E-state index in [1.807, 2.05) is 12.1 Å². The second-order valence-corrected chi connectivity index (χ2v) is 7.93. The molecule has 0 atom stereocenters. The molecule has 1 N–H and O–H groups in total. The number of fused-ring (bicyclic) bond motifs is 1. The molecule has 144 valence electrons. The monoisotopic (exact) mass is 376 g/mol. The maximum Gasteiger partial charge on any atom is 0.273 e. The molecular formula is C22H24N4O2. The fraction of sp³-hybridized carbons (Fsp3) is 0.409. The Morgan fingerprint density at radius 3 is 2.46 bits per heavy atom. The fourth-order valence-electron chi connectivity index (χ4n) is 4.34. The van der Waals surface area contributed by atoms with Crippen molar-refractivity contribution in [3.63, 3.8) is 0 Å². The van der Waals surface area contributed by atoms with Gasteiger partial charge in [-0.3, -0.25) is 14.7 Å². The molecule has 6 nitrogen and oxygen atoms in total. The third-order valence-electron chi connectivity index (χ3n) is 6.15. The van der Waals surface area contributed by atoms with Crippen molar-refractivity contribution < 1.29 is 4.79 Å². The first-order chi connectivity index (χ1) is 13.7. The van der Waals surface area contributed by atoms with E-state index in [9.17, 15) is 9.59 Å². The molecule has 0 spiro atoms. The Bertz CT molecular complexity index is 1070. The van der Waals surface area contributed by atoms with E-state index < -0.39 is 0 Å². The van der Waals surface area contributed by atoms with Gasteiger partial charge in [-0.15, -0.1) is 0 Å². The van der Waals surface area contributed by atoms with E-state index in [1.54, 1.807) is 11.1 Å². The van der Waals surface area contributed by atoms with Gasteiger partial charge in [-0.1, -0.05) is 43.5 Å². The maximum absolute atomic E-state index is 12.6. The van der Waals surface area contributed by atoms with Crippen LogP contribution in [0.2, 0.25) is 0 Å². The third-order valence-corrected chi connectivity index (χ3v) is 6.15. The Balaban J connectivity index is 1.50. The Morgan fingerprint density at radius 2 is 1.79 bits per heavy atom. The summed E-state index contributed by atoms with van der Waals surface area (Å²) in [5.41, 5.74) is 3.53. The van der Waals surface area contributed by atoms with Crippen molar-refractivity contribution in [3.8, 4) is 11.3 Å². The first-order valence-corrected chi connectivity index (χ1v) is 10.2. The van der Waals surface area contributed by atoms with Gasteiger partial charge in [0.2, 0.25) is 0 Å². The molecule has 0 bridgehead atoms. The highest BCUT2D eigenvalue weighted by atomic mass is 16.2. The number of hydrogen-bond acceptors (Lipinski definition) is 3. The number of aromatic amines is 1. The fourth-order valence-corrected chi connectivity index (χ4v) is 4.34. The van der Waals surface area contributed by atoms with Crippen LogP contribution in [0.5, 0.6) is 0 Å². The molecule has 3 aromatic rings. The van der Waals surface area contributed by atoms with Crippen molar-refractivity contribution >= 4 is 11.6 Å². The number of likely N-dealkylation sites (tertiary alicyclic amines) is 1. The molecule has 1 aliphatic carbocycles. The minimum Gasteiger partial charge on any atom is -0.338 e. The lowest BCUT2D eigenvalue weighted by molar-refractivity contribution is 0.0653. The molecule has 0 unspecified atom stereocenters. The van der Waals surface area contributed by atoms with E-state index in [0.29, 0.717) is 22.8 Å². The van der Waals surface area contributed by atoms with Gasteiger partial charge in [-0.25, -0.2) is 9.50 Å². The SMILES string of the molecule is O=C(c1c[nH]n2c(=O)cc(-c3ccc(C4CCCCC4)cc3)nc12)N1CCC1. The molecule has 5 rings (SSSR count). The van der Waals surface area contributed by atoms with E-state index in [0.717, 1.165) is 25.1 Å². The van der Waals surface area contributed by atoms with Crippen molar-refractivity contribution in [3.05, 3.63) is 58.0 Å². The van der Waals surface area contributed by atoms with Crippen LogP contribution >= 0.6 is 0 Å². The van der Waals surface area contributed by atoms with Crippen LogP contribution in [0.15, 0.2) is 41.3 Å². The minimum atomic E-state index is -0.209. The first kappa shape index (κ1) is 17.2. The zero-order valence-electron chi connectivity index (χ0n) is 15.9. The molecule has 3 heterocycles. The average molecular weight is 376 g/mol. The normalized spacial score (nSPS) is 17.6. The number of benzene rings is 1. The summed E-state index contributed by atoms with van der Waals surface area (Å²) in [4.78, 5) is 31.6. The van der Waals surface area contributed by atoms with Crippen LogP contribution < -0.4 is 5.56 Å². The van der Waals surface area contributed by atoms with Crippen LogP contribution in [0.1, 0.15) is 60.4 Å². The van der Waals surface area contributed by atoms with Crippen LogP contribution in [-0.2, 0) is 0 Å². The van der Waals surface area contributed by atoms with Crippen LogP contribution in [0, 0.1) is 0 Å². The Labute approximate surface area is 163 Å². The number of carbonyl (C=O) groups excluding carboxylic acids is 1. The van der Waals surface area contributed by atoms with Crippen molar-refractivity contribution in [2.24, 2.45) is 0 Å². The predicted octanol–water partition coefficient (Wildman–Crippen LogP) is 3.58. The number of nitrogens with one attached hydrogen (secondary N) is 1. The maximum atomic E-state index is 12.6. The average Bonchev–Trinajstić information content (AvgIpc) is 3.12. The zero-order chi connectivity index (χ0) is 19.1. The Morgan fingerprint density at radius 1 is 1.04 bits per heavy atom. The van der Waals surface area contributed by atoms with Crippen molar-refractivity contribution in [1.29, 1.82) is 0 Å². The molecule has 1 aromatic carbocycles. The van der Waals surface area contributed by atoms with Gasteiger partial charge in [0.05, 0.1) is 5.69 Å². The molecule has 1 saturated heterocycles. The second-order valence-electron chi connectivity index (χ2n) is 7.93. The quantitative estimate of drug-likeness (QED) is 0.759. The van der Waals surface area contributed by atoms with Crippen LogP contribution in [0.3, 0.4) is 0 Å². The zero-order valence-corrected chi connectivity index (χ0v) is 15.9. The summed E-state index contributed by atoms with van der Waals surface area (Å²) in [7, 11) is 0. The number of amides is 1. The Hall–Kier alpha value is -2.89. The van der Waals surface area contributed by atoms with Gasteiger partial charge < -0.3 is 4.90 Å². The highest BCUT2D eigenvalue weighted by molar-refractivity contribution is 6.00. The lowest BCUT2D eigenvalue weighted by Gasteiger charge is -2.30. The lowest BCUT2D eigenvalue weighted by Crippen LogP contribution is -2.42. The molecular weight excluding hydrogens is 352 g/mol. The molecule has 2 fully saturated rings. The molecule has 2 aliphatic rings. The van der Waals surface area contributed by atoms with E-state index in [1.165, 1.54) is 48.2 Å².